The van der Waals surface area contributed by atoms with Gasteiger partial charge in [0.1, 0.15) is 0 Å². The lowest BCUT2D eigenvalue weighted by molar-refractivity contribution is -0.127. The Labute approximate surface area is 98.9 Å². The van der Waals surface area contributed by atoms with Crippen LogP contribution in [0.5, 0.6) is 11.5 Å². The summed E-state index contributed by atoms with van der Waals surface area (Å²) >= 11 is 0. The molecular formula is C12H13NO4. The predicted molar refractivity (Wildman–Crippen MR) is 60.2 cm³/mol. The van der Waals surface area contributed by atoms with Crippen molar-refractivity contribution in [3.8, 4) is 11.5 Å². The van der Waals surface area contributed by atoms with Crippen LogP contribution in [0.3, 0.4) is 0 Å². The molecule has 0 fully saturated rings. The zero-order valence-electron chi connectivity index (χ0n) is 9.73. The SMILES string of the molecule is CC(=O)N(C)CC(=O)c1ccc2c(c1)OCO2. The molecule has 0 atom stereocenters. The highest BCUT2D eigenvalue weighted by atomic mass is 16.7. The third-order valence-electron chi connectivity index (χ3n) is 2.61. The third kappa shape index (κ3) is 2.38. The largest absolute Gasteiger partial charge is 0.454 e. The fourth-order valence-corrected chi connectivity index (χ4v) is 1.49. The van der Waals surface area contributed by atoms with Crippen molar-refractivity contribution in [2.24, 2.45) is 0 Å². The van der Waals surface area contributed by atoms with Crippen molar-refractivity contribution in [1.82, 2.24) is 4.90 Å². The molecule has 0 aromatic heterocycles. The van der Waals surface area contributed by atoms with E-state index < -0.39 is 0 Å². The number of ether oxygens (including phenoxy) is 2. The molecule has 0 aliphatic carbocycles. The van der Waals surface area contributed by atoms with Gasteiger partial charge in [-0.05, 0) is 18.2 Å². The Morgan fingerprint density at radius 3 is 2.71 bits per heavy atom. The summed E-state index contributed by atoms with van der Waals surface area (Å²) in [6, 6.07) is 5.01. The summed E-state index contributed by atoms with van der Waals surface area (Å²) < 4.78 is 10.3. The van der Waals surface area contributed by atoms with E-state index in [1.165, 1.54) is 11.8 Å². The first-order valence-corrected chi connectivity index (χ1v) is 5.22. The Morgan fingerprint density at radius 1 is 1.29 bits per heavy atom. The second-order valence-corrected chi connectivity index (χ2v) is 3.87. The van der Waals surface area contributed by atoms with E-state index in [4.69, 9.17) is 9.47 Å². The average molecular weight is 235 g/mol. The minimum atomic E-state index is -0.140. The topological polar surface area (TPSA) is 55.8 Å². The maximum absolute atomic E-state index is 11.9. The molecule has 1 aliphatic rings. The van der Waals surface area contributed by atoms with Gasteiger partial charge in [0, 0.05) is 19.5 Å². The molecule has 5 nitrogen and oxygen atoms in total. The summed E-state index contributed by atoms with van der Waals surface area (Å²) in [5, 5.41) is 0. The monoisotopic (exact) mass is 235 g/mol. The normalized spacial score (nSPS) is 12.4. The van der Waals surface area contributed by atoms with E-state index in [9.17, 15) is 9.59 Å². The van der Waals surface area contributed by atoms with Gasteiger partial charge in [-0.2, -0.15) is 0 Å². The molecule has 0 radical (unpaired) electrons. The minimum absolute atomic E-state index is 0.0645. The summed E-state index contributed by atoms with van der Waals surface area (Å²) in [4.78, 5) is 24.3. The summed E-state index contributed by atoms with van der Waals surface area (Å²) in [5.41, 5.74) is 0.516. The summed E-state index contributed by atoms with van der Waals surface area (Å²) in [7, 11) is 1.59. The lowest BCUT2D eigenvalue weighted by Crippen LogP contribution is -2.30. The first-order chi connectivity index (χ1) is 8.08. The van der Waals surface area contributed by atoms with Gasteiger partial charge in [-0.3, -0.25) is 9.59 Å². The summed E-state index contributed by atoms with van der Waals surface area (Å²) in [6.45, 7) is 1.67. The van der Waals surface area contributed by atoms with Gasteiger partial charge in [-0.15, -0.1) is 0 Å². The van der Waals surface area contributed by atoms with Crippen molar-refractivity contribution in [2.45, 2.75) is 6.92 Å². The molecule has 5 heteroatoms. The maximum Gasteiger partial charge on any atom is 0.231 e. The third-order valence-corrected chi connectivity index (χ3v) is 2.61. The molecule has 2 rings (SSSR count). The highest BCUT2D eigenvalue weighted by molar-refractivity contribution is 5.99. The van der Waals surface area contributed by atoms with Crippen LogP contribution >= 0.6 is 0 Å². The second-order valence-electron chi connectivity index (χ2n) is 3.87. The van der Waals surface area contributed by atoms with Crippen LogP contribution in [-0.2, 0) is 4.79 Å². The van der Waals surface area contributed by atoms with Crippen LogP contribution < -0.4 is 9.47 Å². The molecule has 0 spiro atoms. The highest BCUT2D eigenvalue weighted by Gasteiger charge is 2.17. The van der Waals surface area contributed by atoms with Crippen LogP contribution in [0, 0.1) is 0 Å². The fraction of sp³-hybridized carbons (Fsp3) is 0.333. The fourth-order valence-electron chi connectivity index (χ4n) is 1.49. The number of amides is 1. The number of Topliss-reactive ketones (excluding diaryl/α,β-unsaturated/α-hetero) is 1. The molecule has 90 valence electrons. The van der Waals surface area contributed by atoms with Crippen LogP contribution in [0.1, 0.15) is 17.3 Å². The van der Waals surface area contributed by atoms with E-state index in [2.05, 4.69) is 0 Å². The number of ketones is 1. The van der Waals surface area contributed by atoms with Gasteiger partial charge < -0.3 is 14.4 Å². The van der Waals surface area contributed by atoms with Crippen LogP contribution in [0.15, 0.2) is 18.2 Å². The number of likely N-dealkylation sites (N-methyl/N-ethyl adjacent to an activating group) is 1. The van der Waals surface area contributed by atoms with E-state index in [1.807, 2.05) is 0 Å². The van der Waals surface area contributed by atoms with E-state index in [0.29, 0.717) is 17.1 Å². The Balaban J connectivity index is 2.12. The van der Waals surface area contributed by atoms with E-state index in [1.54, 1.807) is 25.2 Å². The Morgan fingerprint density at radius 2 is 2.00 bits per heavy atom. The number of rotatable bonds is 3. The predicted octanol–water partition coefficient (Wildman–Crippen LogP) is 1.08. The number of benzene rings is 1. The number of nitrogens with zero attached hydrogens (tertiary/aromatic N) is 1. The lowest BCUT2D eigenvalue weighted by atomic mass is 10.1. The van der Waals surface area contributed by atoms with Crippen molar-refractivity contribution >= 4 is 11.7 Å². The molecule has 0 saturated heterocycles. The minimum Gasteiger partial charge on any atom is -0.454 e. The van der Waals surface area contributed by atoms with Crippen molar-refractivity contribution in [3.63, 3.8) is 0 Å². The number of carbonyl (C=O) groups excluding carboxylic acids is 2. The quantitative estimate of drug-likeness (QED) is 0.735. The van der Waals surface area contributed by atoms with Gasteiger partial charge in [0.2, 0.25) is 12.7 Å². The lowest BCUT2D eigenvalue weighted by Gasteiger charge is -2.13. The van der Waals surface area contributed by atoms with E-state index >= 15 is 0 Å². The number of fused-ring (bicyclic) bond motifs is 1. The zero-order valence-corrected chi connectivity index (χ0v) is 9.73. The zero-order chi connectivity index (χ0) is 12.4. The number of hydrogen-bond donors (Lipinski definition) is 0. The van der Waals surface area contributed by atoms with Crippen LogP contribution in [0.2, 0.25) is 0 Å². The molecule has 17 heavy (non-hydrogen) atoms. The average Bonchev–Trinajstić information content (AvgIpc) is 2.75. The summed E-state index contributed by atoms with van der Waals surface area (Å²) in [5.74, 6) is 0.947. The first-order valence-electron chi connectivity index (χ1n) is 5.22. The van der Waals surface area contributed by atoms with Crippen molar-refractivity contribution < 1.29 is 19.1 Å². The van der Waals surface area contributed by atoms with Crippen molar-refractivity contribution in [2.75, 3.05) is 20.4 Å². The van der Waals surface area contributed by atoms with Gasteiger partial charge in [-0.25, -0.2) is 0 Å². The van der Waals surface area contributed by atoms with Gasteiger partial charge in [-0.1, -0.05) is 0 Å². The Kier molecular flexibility index (Phi) is 2.99. The smallest absolute Gasteiger partial charge is 0.231 e. The van der Waals surface area contributed by atoms with Crippen LogP contribution in [0.25, 0.3) is 0 Å². The first kappa shape index (κ1) is 11.4. The molecule has 0 saturated carbocycles. The van der Waals surface area contributed by atoms with Gasteiger partial charge in [0.25, 0.3) is 0 Å². The molecule has 1 amide bonds. The van der Waals surface area contributed by atoms with Gasteiger partial charge >= 0.3 is 0 Å². The maximum atomic E-state index is 11.9. The summed E-state index contributed by atoms with van der Waals surface area (Å²) in [6.07, 6.45) is 0. The van der Waals surface area contributed by atoms with Crippen molar-refractivity contribution in [3.05, 3.63) is 23.8 Å². The Hall–Kier alpha value is -2.04. The molecule has 1 aliphatic heterocycles. The van der Waals surface area contributed by atoms with Crippen LogP contribution in [0.4, 0.5) is 0 Å². The molecule has 1 aromatic carbocycles. The van der Waals surface area contributed by atoms with E-state index in [0.717, 1.165) is 0 Å². The second kappa shape index (κ2) is 4.45. The highest BCUT2D eigenvalue weighted by Crippen LogP contribution is 2.32. The van der Waals surface area contributed by atoms with Crippen molar-refractivity contribution in [1.29, 1.82) is 0 Å². The van der Waals surface area contributed by atoms with Gasteiger partial charge in [0.15, 0.2) is 17.3 Å². The molecule has 1 aromatic rings. The molecule has 0 bridgehead atoms. The van der Waals surface area contributed by atoms with Gasteiger partial charge in [0.05, 0.1) is 6.54 Å². The standard InChI is InChI=1S/C12H13NO4/c1-8(14)13(2)6-10(15)9-3-4-11-12(5-9)17-7-16-11/h3-5H,6-7H2,1-2H3. The molecular weight excluding hydrogens is 222 g/mol. The molecule has 1 heterocycles. The molecule has 0 unspecified atom stereocenters. The molecule has 0 N–H and O–H groups in total. The van der Waals surface area contributed by atoms with E-state index in [-0.39, 0.29) is 25.0 Å². The number of carbonyl (C=O) groups is 2. The Bertz CT molecular complexity index is 470. The number of hydrogen-bond acceptors (Lipinski definition) is 4. The van der Waals surface area contributed by atoms with Crippen LogP contribution in [-0.4, -0.2) is 37.0 Å².